The monoisotopic (exact) mass is 423 g/mol. The highest BCUT2D eigenvalue weighted by Gasteiger charge is 2.25. The summed E-state index contributed by atoms with van der Waals surface area (Å²) in [7, 11) is 1.66. The Morgan fingerprint density at radius 1 is 1.16 bits per heavy atom. The van der Waals surface area contributed by atoms with Gasteiger partial charge in [0, 0.05) is 47.1 Å². The van der Waals surface area contributed by atoms with Crippen LogP contribution in [0.1, 0.15) is 30.9 Å². The number of halogens is 1. The first-order chi connectivity index (χ1) is 15.2. The Labute approximate surface area is 179 Å². The molecule has 7 heteroatoms. The summed E-state index contributed by atoms with van der Waals surface area (Å²) in [4.78, 5) is 5.65. The summed E-state index contributed by atoms with van der Waals surface area (Å²) in [5.74, 6) is 1.59. The van der Waals surface area contributed by atoms with E-state index < -0.39 is 0 Å². The van der Waals surface area contributed by atoms with Crippen LogP contribution in [0.2, 0.25) is 0 Å². The maximum atomic E-state index is 13.4. The van der Waals surface area contributed by atoms with Gasteiger partial charge in [-0.2, -0.15) is 0 Å². The second-order valence-electron chi connectivity index (χ2n) is 8.09. The molecule has 31 heavy (non-hydrogen) atoms. The van der Waals surface area contributed by atoms with Crippen molar-refractivity contribution in [2.45, 2.75) is 25.2 Å². The first-order valence-corrected chi connectivity index (χ1v) is 10.8. The van der Waals surface area contributed by atoms with E-state index in [-0.39, 0.29) is 5.82 Å². The van der Waals surface area contributed by atoms with Gasteiger partial charge in [0.15, 0.2) is 17.1 Å². The molecule has 0 spiro atoms. The average molecular weight is 423 g/mol. The van der Waals surface area contributed by atoms with Crippen molar-refractivity contribution in [2.24, 2.45) is 0 Å². The average Bonchev–Trinajstić information content (AvgIpc) is 3.42. The van der Waals surface area contributed by atoms with E-state index >= 15 is 0 Å². The Hall–Kier alpha value is -3.06. The fourth-order valence-electron chi connectivity index (χ4n) is 4.46. The van der Waals surface area contributed by atoms with Gasteiger partial charge in [-0.25, -0.2) is 4.39 Å². The summed E-state index contributed by atoms with van der Waals surface area (Å²) in [6.07, 6.45) is 4.92. The van der Waals surface area contributed by atoms with Gasteiger partial charge in [0.25, 0.3) is 0 Å². The lowest BCUT2D eigenvalue weighted by Crippen LogP contribution is -2.34. The molecule has 1 aliphatic heterocycles. The van der Waals surface area contributed by atoms with Gasteiger partial charge < -0.3 is 23.9 Å². The fourth-order valence-corrected chi connectivity index (χ4v) is 4.46. The number of fused-ring (bicyclic) bond motifs is 2. The maximum absolute atomic E-state index is 13.4. The molecule has 3 heterocycles. The number of rotatable bonds is 7. The quantitative estimate of drug-likeness (QED) is 0.419. The standard InChI is InChI=1S/C24H26FN3O3/c1-29-22-15-20-17(5-8-26-20)13-23(22)30-12-2-9-28-10-6-16(7-11-28)24-19-4-3-18(25)14-21(19)31-27-24/h3-5,8,13-16,26H,2,6-7,9-12H2,1H3. The highest BCUT2D eigenvalue weighted by molar-refractivity contribution is 5.83. The number of aromatic nitrogens is 2. The number of methoxy groups -OCH3 is 1. The van der Waals surface area contributed by atoms with Gasteiger partial charge in [-0.1, -0.05) is 5.16 Å². The van der Waals surface area contributed by atoms with Crippen LogP contribution in [0.15, 0.2) is 47.1 Å². The highest BCUT2D eigenvalue weighted by Crippen LogP contribution is 2.33. The molecule has 1 N–H and O–H groups in total. The molecule has 1 fully saturated rings. The Balaban J connectivity index is 1.11. The van der Waals surface area contributed by atoms with Crippen molar-refractivity contribution in [1.82, 2.24) is 15.0 Å². The summed E-state index contributed by atoms with van der Waals surface area (Å²) in [6.45, 7) is 3.66. The Bertz CT molecular complexity index is 1180. The van der Waals surface area contributed by atoms with Crippen LogP contribution in [0, 0.1) is 5.82 Å². The Kier molecular flexibility index (Phi) is 5.51. The van der Waals surface area contributed by atoms with Crippen LogP contribution >= 0.6 is 0 Å². The van der Waals surface area contributed by atoms with E-state index in [0.29, 0.717) is 18.1 Å². The second kappa shape index (κ2) is 8.59. The number of aromatic amines is 1. The molecule has 0 unspecified atom stereocenters. The van der Waals surface area contributed by atoms with Crippen molar-refractivity contribution in [3.8, 4) is 11.5 Å². The van der Waals surface area contributed by atoms with Gasteiger partial charge in [-0.3, -0.25) is 0 Å². The Morgan fingerprint density at radius 3 is 2.87 bits per heavy atom. The molecule has 0 atom stereocenters. The summed E-state index contributed by atoms with van der Waals surface area (Å²) < 4.78 is 30.2. The van der Waals surface area contributed by atoms with Crippen LogP contribution < -0.4 is 9.47 Å². The zero-order chi connectivity index (χ0) is 21.2. The number of piperidine rings is 1. The highest BCUT2D eigenvalue weighted by atomic mass is 19.1. The number of H-pyrrole nitrogens is 1. The molecule has 0 bridgehead atoms. The molecular weight excluding hydrogens is 397 g/mol. The third-order valence-electron chi connectivity index (χ3n) is 6.15. The molecular formula is C24H26FN3O3. The smallest absolute Gasteiger partial charge is 0.170 e. The lowest BCUT2D eigenvalue weighted by molar-refractivity contribution is 0.189. The lowest BCUT2D eigenvalue weighted by Gasteiger charge is -2.31. The van der Waals surface area contributed by atoms with Crippen molar-refractivity contribution in [3.05, 3.63) is 54.1 Å². The number of likely N-dealkylation sites (tertiary alicyclic amines) is 1. The van der Waals surface area contributed by atoms with Crippen LogP contribution in [-0.4, -0.2) is 48.4 Å². The van der Waals surface area contributed by atoms with Crippen molar-refractivity contribution < 1.29 is 18.4 Å². The number of nitrogens with one attached hydrogen (secondary N) is 1. The lowest BCUT2D eigenvalue weighted by atomic mass is 9.91. The maximum Gasteiger partial charge on any atom is 0.170 e. The molecule has 0 saturated carbocycles. The predicted octanol–water partition coefficient (Wildman–Crippen LogP) is 5.11. The van der Waals surface area contributed by atoms with Crippen molar-refractivity contribution in [3.63, 3.8) is 0 Å². The number of ether oxygens (including phenoxy) is 2. The number of hydrogen-bond acceptors (Lipinski definition) is 5. The largest absolute Gasteiger partial charge is 0.493 e. The SMILES string of the molecule is COc1cc2[nH]ccc2cc1OCCCN1CCC(c2noc3cc(F)ccc23)CC1. The predicted molar refractivity (Wildman–Crippen MR) is 117 cm³/mol. The van der Waals surface area contributed by atoms with Crippen LogP contribution in [0.4, 0.5) is 4.39 Å². The number of hydrogen-bond donors (Lipinski definition) is 1. The summed E-state index contributed by atoms with van der Waals surface area (Å²) in [6, 6.07) is 10.7. The van der Waals surface area contributed by atoms with Gasteiger partial charge >= 0.3 is 0 Å². The van der Waals surface area contributed by atoms with Crippen LogP contribution in [-0.2, 0) is 0 Å². The second-order valence-corrected chi connectivity index (χ2v) is 8.09. The first-order valence-electron chi connectivity index (χ1n) is 10.8. The third kappa shape index (κ3) is 4.10. The Morgan fingerprint density at radius 2 is 2.03 bits per heavy atom. The minimum atomic E-state index is -0.294. The van der Waals surface area contributed by atoms with Crippen molar-refractivity contribution in [2.75, 3.05) is 33.4 Å². The zero-order valence-corrected chi connectivity index (χ0v) is 17.6. The minimum absolute atomic E-state index is 0.294. The van der Waals surface area contributed by atoms with E-state index in [1.807, 2.05) is 24.4 Å². The minimum Gasteiger partial charge on any atom is -0.493 e. The van der Waals surface area contributed by atoms with Gasteiger partial charge in [0.05, 0.1) is 19.4 Å². The molecule has 1 saturated heterocycles. The molecule has 2 aromatic carbocycles. The molecule has 5 rings (SSSR count). The number of nitrogens with zero attached hydrogens (tertiary/aromatic N) is 2. The third-order valence-corrected chi connectivity index (χ3v) is 6.15. The topological polar surface area (TPSA) is 63.5 Å². The van der Waals surface area contributed by atoms with Gasteiger partial charge in [-0.05, 0) is 56.6 Å². The fraction of sp³-hybridized carbons (Fsp3) is 0.375. The number of benzene rings is 2. The van der Waals surface area contributed by atoms with E-state index in [1.165, 1.54) is 12.1 Å². The molecule has 162 valence electrons. The van der Waals surface area contributed by atoms with Gasteiger partial charge in [-0.15, -0.1) is 0 Å². The normalized spacial score (nSPS) is 15.7. The molecule has 1 aliphatic rings. The van der Waals surface area contributed by atoms with Crippen LogP contribution in [0.3, 0.4) is 0 Å². The summed E-state index contributed by atoms with van der Waals surface area (Å²) in [5, 5.41) is 6.28. The summed E-state index contributed by atoms with van der Waals surface area (Å²) in [5.41, 5.74) is 2.53. The van der Waals surface area contributed by atoms with Crippen LogP contribution in [0.25, 0.3) is 21.9 Å². The van der Waals surface area contributed by atoms with E-state index in [9.17, 15) is 4.39 Å². The molecule has 2 aromatic heterocycles. The van der Waals surface area contributed by atoms with Gasteiger partial charge in [0.1, 0.15) is 5.82 Å². The van der Waals surface area contributed by atoms with Gasteiger partial charge in [0.2, 0.25) is 0 Å². The summed E-state index contributed by atoms with van der Waals surface area (Å²) >= 11 is 0. The van der Waals surface area contributed by atoms with E-state index in [2.05, 4.69) is 15.0 Å². The molecule has 0 radical (unpaired) electrons. The zero-order valence-electron chi connectivity index (χ0n) is 17.6. The van der Waals surface area contributed by atoms with E-state index in [1.54, 1.807) is 13.2 Å². The molecule has 6 nitrogen and oxygen atoms in total. The molecule has 4 aromatic rings. The molecule has 0 amide bonds. The first kappa shape index (κ1) is 19.9. The van der Waals surface area contributed by atoms with E-state index in [0.717, 1.165) is 72.4 Å². The van der Waals surface area contributed by atoms with Crippen LogP contribution in [0.5, 0.6) is 11.5 Å². The van der Waals surface area contributed by atoms with Crippen molar-refractivity contribution in [1.29, 1.82) is 0 Å². The van der Waals surface area contributed by atoms with E-state index in [4.69, 9.17) is 14.0 Å². The van der Waals surface area contributed by atoms with Crippen molar-refractivity contribution >= 4 is 21.9 Å². The molecule has 0 aliphatic carbocycles.